The van der Waals surface area contributed by atoms with Crippen LogP contribution in [0.15, 0.2) is 18.2 Å². The second-order valence-electron chi connectivity index (χ2n) is 5.35. The Labute approximate surface area is 138 Å². The maximum atomic E-state index is 12.3. The monoisotopic (exact) mass is 343 g/mol. The largest absolute Gasteiger partial charge is 0.493 e. The lowest BCUT2D eigenvalue weighted by Gasteiger charge is -2.11. The van der Waals surface area contributed by atoms with Gasteiger partial charge in [0.15, 0.2) is 18.1 Å². The molecule has 0 atom stereocenters. The lowest BCUT2D eigenvalue weighted by molar-refractivity contribution is -0.149. The molecule has 0 aromatic heterocycles. The number of ether oxygens (including phenoxy) is 3. The molecule has 1 amide bonds. The molecule has 0 spiro atoms. The molecule has 1 N–H and O–H groups in total. The minimum atomic E-state index is -2.93. The van der Waals surface area contributed by atoms with Gasteiger partial charge in [-0.05, 0) is 37.0 Å². The molecule has 132 valence electrons. The van der Waals surface area contributed by atoms with Crippen LogP contribution in [0.3, 0.4) is 0 Å². The van der Waals surface area contributed by atoms with Gasteiger partial charge in [-0.3, -0.25) is 9.59 Å². The number of hydrogen-bond donors (Lipinski definition) is 1. The van der Waals surface area contributed by atoms with E-state index in [1.807, 2.05) is 0 Å². The van der Waals surface area contributed by atoms with Crippen molar-refractivity contribution in [3.05, 3.63) is 23.8 Å². The zero-order valence-electron chi connectivity index (χ0n) is 13.2. The smallest absolute Gasteiger partial charge is 0.387 e. The molecule has 1 aliphatic rings. The molecule has 24 heavy (non-hydrogen) atoms. The van der Waals surface area contributed by atoms with Crippen molar-refractivity contribution in [1.29, 1.82) is 0 Å². The topological polar surface area (TPSA) is 73.9 Å². The molecular weight excluding hydrogens is 324 g/mol. The van der Waals surface area contributed by atoms with Gasteiger partial charge in [-0.1, -0.05) is 6.07 Å². The fourth-order valence-electron chi connectivity index (χ4n) is 2.03. The highest BCUT2D eigenvalue weighted by molar-refractivity contribution is 5.82. The van der Waals surface area contributed by atoms with E-state index in [4.69, 9.17) is 9.47 Å². The van der Waals surface area contributed by atoms with Crippen molar-refractivity contribution < 1.29 is 32.6 Å². The lowest BCUT2D eigenvalue weighted by Crippen LogP contribution is -2.30. The van der Waals surface area contributed by atoms with E-state index in [1.54, 1.807) is 12.1 Å². The fraction of sp³-hybridized carbons (Fsp3) is 0.500. The predicted octanol–water partition coefficient (Wildman–Crippen LogP) is 1.91. The molecule has 1 saturated carbocycles. The van der Waals surface area contributed by atoms with Crippen molar-refractivity contribution in [2.24, 2.45) is 5.92 Å². The number of alkyl halides is 2. The number of methoxy groups -OCH3 is 1. The lowest BCUT2D eigenvalue weighted by atomic mass is 10.1. The summed E-state index contributed by atoms with van der Waals surface area (Å²) >= 11 is 0. The molecule has 0 bridgehead atoms. The number of esters is 1. The third kappa shape index (κ3) is 5.68. The SMILES string of the molecule is COc1cc(CCNC(=O)COC(=O)C2CC2)ccc1OC(F)F. The van der Waals surface area contributed by atoms with E-state index in [1.165, 1.54) is 13.2 Å². The number of nitrogens with one attached hydrogen (secondary N) is 1. The highest BCUT2D eigenvalue weighted by Crippen LogP contribution is 2.30. The van der Waals surface area contributed by atoms with Crippen molar-refractivity contribution >= 4 is 11.9 Å². The maximum absolute atomic E-state index is 12.3. The zero-order valence-corrected chi connectivity index (χ0v) is 13.2. The summed E-state index contributed by atoms with van der Waals surface area (Å²) in [6, 6.07) is 4.57. The van der Waals surface area contributed by atoms with Crippen LogP contribution < -0.4 is 14.8 Å². The summed E-state index contributed by atoms with van der Waals surface area (Å²) in [5, 5.41) is 2.62. The number of carbonyl (C=O) groups excluding carboxylic acids is 2. The Kier molecular flexibility index (Phi) is 6.34. The van der Waals surface area contributed by atoms with Gasteiger partial charge in [0.1, 0.15) is 0 Å². The molecule has 0 aliphatic heterocycles. The van der Waals surface area contributed by atoms with E-state index in [9.17, 15) is 18.4 Å². The number of carbonyl (C=O) groups is 2. The van der Waals surface area contributed by atoms with Gasteiger partial charge in [-0.15, -0.1) is 0 Å². The van der Waals surface area contributed by atoms with Gasteiger partial charge in [0.2, 0.25) is 0 Å². The van der Waals surface area contributed by atoms with Crippen molar-refractivity contribution in [1.82, 2.24) is 5.32 Å². The summed E-state index contributed by atoms with van der Waals surface area (Å²) in [6.07, 6.45) is 2.12. The third-order valence-corrected chi connectivity index (χ3v) is 3.44. The molecule has 0 unspecified atom stereocenters. The zero-order chi connectivity index (χ0) is 17.5. The van der Waals surface area contributed by atoms with Crippen LogP contribution in [0.4, 0.5) is 8.78 Å². The second-order valence-corrected chi connectivity index (χ2v) is 5.35. The first kappa shape index (κ1) is 18.0. The Bertz CT molecular complexity index is 590. The first-order chi connectivity index (χ1) is 11.5. The Hall–Kier alpha value is -2.38. The molecule has 1 fully saturated rings. The molecular formula is C16H19F2NO5. The normalized spacial score (nSPS) is 13.5. The Balaban J connectivity index is 1.74. The van der Waals surface area contributed by atoms with Crippen molar-refractivity contribution in [2.75, 3.05) is 20.3 Å². The average Bonchev–Trinajstić information content (AvgIpc) is 3.38. The van der Waals surface area contributed by atoms with Crippen LogP contribution >= 0.6 is 0 Å². The quantitative estimate of drug-likeness (QED) is 0.694. The van der Waals surface area contributed by atoms with Crippen molar-refractivity contribution in [3.63, 3.8) is 0 Å². The average molecular weight is 343 g/mol. The number of benzene rings is 1. The van der Waals surface area contributed by atoms with Crippen LogP contribution in [0.25, 0.3) is 0 Å². The van der Waals surface area contributed by atoms with Gasteiger partial charge in [0.05, 0.1) is 13.0 Å². The summed E-state index contributed by atoms with van der Waals surface area (Å²) in [5.74, 6) is -0.609. The molecule has 0 heterocycles. The summed E-state index contributed by atoms with van der Waals surface area (Å²) < 4.78 is 38.7. The van der Waals surface area contributed by atoms with E-state index in [-0.39, 0.29) is 35.9 Å². The summed E-state index contributed by atoms with van der Waals surface area (Å²) in [7, 11) is 1.35. The Morgan fingerprint density at radius 3 is 2.67 bits per heavy atom. The van der Waals surface area contributed by atoms with Crippen LogP contribution in [0, 0.1) is 5.92 Å². The van der Waals surface area contributed by atoms with Crippen LogP contribution in [0.1, 0.15) is 18.4 Å². The number of hydrogen-bond acceptors (Lipinski definition) is 5. The van der Waals surface area contributed by atoms with Gasteiger partial charge >= 0.3 is 12.6 Å². The van der Waals surface area contributed by atoms with Crippen molar-refractivity contribution in [3.8, 4) is 11.5 Å². The van der Waals surface area contributed by atoms with E-state index in [2.05, 4.69) is 10.1 Å². The maximum Gasteiger partial charge on any atom is 0.387 e. The minimum absolute atomic E-state index is 0.0424. The van der Waals surface area contributed by atoms with Gasteiger partial charge in [-0.25, -0.2) is 0 Å². The first-order valence-electron chi connectivity index (χ1n) is 7.54. The summed E-state index contributed by atoms with van der Waals surface area (Å²) in [4.78, 5) is 22.9. The van der Waals surface area contributed by atoms with Crippen LogP contribution in [0.5, 0.6) is 11.5 Å². The molecule has 2 rings (SSSR count). The minimum Gasteiger partial charge on any atom is -0.493 e. The summed E-state index contributed by atoms with van der Waals surface area (Å²) in [6.45, 7) is -2.90. The van der Waals surface area contributed by atoms with E-state index >= 15 is 0 Å². The molecule has 6 nitrogen and oxygen atoms in total. The molecule has 1 aliphatic carbocycles. The standard InChI is InChI=1S/C16H19F2NO5/c1-22-13-8-10(2-5-12(13)24-16(17)18)6-7-19-14(20)9-23-15(21)11-3-4-11/h2,5,8,11,16H,3-4,6-7,9H2,1H3,(H,19,20). The van der Waals surface area contributed by atoms with Crippen LogP contribution in [0.2, 0.25) is 0 Å². The summed E-state index contributed by atoms with van der Waals surface area (Å²) in [5.41, 5.74) is 0.781. The molecule has 1 aromatic rings. The first-order valence-corrected chi connectivity index (χ1v) is 7.54. The Morgan fingerprint density at radius 1 is 1.29 bits per heavy atom. The molecule has 0 radical (unpaired) electrons. The third-order valence-electron chi connectivity index (χ3n) is 3.44. The number of rotatable bonds is 9. The van der Waals surface area contributed by atoms with Gasteiger partial charge < -0.3 is 19.5 Å². The van der Waals surface area contributed by atoms with Gasteiger partial charge in [-0.2, -0.15) is 8.78 Å². The van der Waals surface area contributed by atoms with E-state index in [0.29, 0.717) is 13.0 Å². The van der Waals surface area contributed by atoms with Crippen LogP contribution in [-0.4, -0.2) is 38.7 Å². The molecule has 8 heteroatoms. The van der Waals surface area contributed by atoms with Crippen LogP contribution in [-0.2, 0) is 20.7 Å². The van der Waals surface area contributed by atoms with Crippen molar-refractivity contribution in [2.45, 2.75) is 25.9 Å². The van der Waals surface area contributed by atoms with E-state index < -0.39 is 6.61 Å². The molecule has 1 aromatic carbocycles. The Morgan fingerprint density at radius 2 is 2.04 bits per heavy atom. The van der Waals surface area contributed by atoms with E-state index in [0.717, 1.165) is 18.4 Å². The highest BCUT2D eigenvalue weighted by Gasteiger charge is 2.31. The molecule has 0 saturated heterocycles. The predicted molar refractivity (Wildman–Crippen MR) is 80.0 cm³/mol. The number of amides is 1. The second kappa shape index (κ2) is 8.47. The van der Waals surface area contributed by atoms with Gasteiger partial charge in [0.25, 0.3) is 5.91 Å². The fourth-order valence-corrected chi connectivity index (χ4v) is 2.03. The van der Waals surface area contributed by atoms with Gasteiger partial charge in [0, 0.05) is 6.54 Å². The number of halogens is 2. The highest BCUT2D eigenvalue weighted by atomic mass is 19.3.